The third kappa shape index (κ3) is 4.74. The molecule has 3 rings (SSSR count). The van der Waals surface area contributed by atoms with Gasteiger partial charge in [-0.25, -0.2) is 0 Å². The van der Waals surface area contributed by atoms with E-state index in [1.165, 1.54) is 26.0 Å². The number of benzene rings is 2. The number of ether oxygens (including phenoxy) is 2. The number of methoxy groups -OCH3 is 2. The summed E-state index contributed by atoms with van der Waals surface area (Å²) < 4.78 is 10.7. The minimum Gasteiger partial charge on any atom is -0.493 e. The van der Waals surface area contributed by atoms with Crippen molar-refractivity contribution in [2.75, 3.05) is 31.4 Å². The molecule has 1 heterocycles. The van der Waals surface area contributed by atoms with E-state index in [-0.39, 0.29) is 34.9 Å². The highest BCUT2D eigenvalue weighted by molar-refractivity contribution is 6.36. The average Bonchev–Trinajstić information content (AvgIpc) is 2.98. The molecule has 32 heavy (non-hydrogen) atoms. The van der Waals surface area contributed by atoms with Gasteiger partial charge in [0.15, 0.2) is 11.5 Å². The smallest absolute Gasteiger partial charge is 0.278 e. The van der Waals surface area contributed by atoms with Gasteiger partial charge in [-0.15, -0.1) is 0 Å². The van der Waals surface area contributed by atoms with Crippen molar-refractivity contribution in [2.24, 2.45) is 5.92 Å². The fourth-order valence-corrected chi connectivity index (χ4v) is 3.47. The lowest BCUT2D eigenvalue weighted by atomic mass is 10.0. The Morgan fingerprint density at radius 2 is 1.56 bits per heavy atom. The fraction of sp³-hybridized carbons (Fsp3) is 0.292. The number of amides is 3. The van der Waals surface area contributed by atoms with Crippen LogP contribution in [0.5, 0.6) is 11.5 Å². The second-order valence-electron chi connectivity index (χ2n) is 7.82. The molecular weight excluding hydrogens is 410 g/mol. The van der Waals surface area contributed by atoms with E-state index in [1.807, 2.05) is 13.8 Å². The second kappa shape index (κ2) is 9.55. The molecule has 1 aliphatic rings. The van der Waals surface area contributed by atoms with E-state index >= 15 is 0 Å². The first-order chi connectivity index (χ1) is 15.2. The van der Waals surface area contributed by atoms with E-state index in [2.05, 4.69) is 10.6 Å². The van der Waals surface area contributed by atoms with Crippen LogP contribution in [0.25, 0.3) is 5.57 Å². The van der Waals surface area contributed by atoms with Crippen LogP contribution in [0.15, 0.2) is 48.2 Å². The largest absolute Gasteiger partial charge is 0.493 e. The lowest BCUT2D eigenvalue weighted by Gasteiger charge is -2.17. The van der Waals surface area contributed by atoms with Crippen molar-refractivity contribution in [1.29, 1.82) is 0 Å². The molecule has 2 aromatic rings. The number of anilines is 2. The summed E-state index contributed by atoms with van der Waals surface area (Å²) in [6, 6.07) is 12.0. The number of imide groups is 1. The number of nitrogens with zero attached hydrogens (tertiary/aromatic N) is 1. The van der Waals surface area contributed by atoms with Gasteiger partial charge in [0.25, 0.3) is 11.8 Å². The Labute approximate surface area is 187 Å². The summed E-state index contributed by atoms with van der Waals surface area (Å²) in [5, 5.41) is 5.80. The molecule has 0 bridgehead atoms. The predicted octanol–water partition coefficient (Wildman–Crippen LogP) is 3.51. The average molecular weight is 437 g/mol. The molecule has 0 spiro atoms. The maximum atomic E-state index is 13.3. The SMILES string of the molecule is COc1ccc(C2=C(Nc3ccc(NC(C)=O)cc3)C(=O)N(CC(C)C)C2=O)cc1OC. The van der Waals surface area contributed by atoms with Gasteiger partial charge < -0.3 is 20.1 Å². The molecule has 0 atom stereocenters. The van der Waals surface area contributed by atoms with Gasteiger partial charge in [-0.05, 0) is 47.9 Å². The molecular formula is C24H27N3O5. The summed E-state index contributed by atoms with van der Waals surface area (Å²) in [6.07, 6.45) is 0. The van der Waals surface area contributed by atoms with Crippen LogP contribution >= 0.6 is 0 Å². The van der Waals surface area contributed by atoms with Crippen LogP contribution in [0.3, 0.4) is 0 Å². The van der Waals surface area contributed by atoms with Crippen molar-refractivity contribution >= 4 is 34.7 Å². The van der Waals surface area contributed by atoms with Crippen molar-refractivity contribution in [3.05, 3.63) is 53.7 Å². The zero-order valence-corrected chi connectivity index (χ0v) is 18.8. The van der Waals surface area contributed by atoms with Gasteiger partial charge in [0.05, 0.1) is 19.8 Å². The third-order valence-electron chi connectivity index (χ3n) is 4.86. The Morgan fingerprint density at radius 1 is 0.938 bits per heavy atom. The van der Waals surface area contributed by atoms with Crippen LogP contribution in [0.2, 0.25) is 0 Å². The molecule has 0 saturated carbocycles. The Hall–Kier alpha value is -3.81. The van der Waals surface area contributed by atoms with Gasteiger partial charge >= 0.3 is 0 Å². The standard InChI is InChI=1S/C24H27N3O5/c1-14(2)13-27-23(29)21(16-6-11-19(31-4)20(12-16)32-5)22(24(27)30)26-18-9-7-17(8-10-18)25-15(3)28/h6-12,14,26H,13H2,1-5H3,(H,25,28). The fourth-order valence-electron chi connectivity index (χ4n) is 3.47. The molecule has 3 amide bonds. The van der Waals surface area contributed by atoms with Crippen LogP contribution in [0, 0.1) is 5.92 Å². The number of hydrogen-bond acceptors (Lipinski definition) is 6. The van der Waals surface area contributed by atoms with E-state index < -0.39 is 0 Å². The number of rotatable bonds is 8. The van der Waals surface area contributed by atoms with Gasteiger partial charge in [-0.3, -0.25) is 19.3 Å². The quantitative estimate of drug-likeness (QED) is 0.614. The van der Waals surface area contributed by atoms with E-state index in [9.17, 15) is 14.4 Å². The summed E-state index contributed by atoms with van der Waals surface area (Å²) in [5.74, 6) is 0.165. The lowest BCUT2D eigenvalue weighted by Crippen LogP contribution is -2.35. The van der Waals surface area contributed by atoms with Crippen LogP contribution in [-0.2, 0) is 14.4 Å². The highest BCUT2D eigenvalue weighted by Gasteiger charge is 2.39. The summed E-state index contributed by atoms with van der Waals surface area (Å²) >= 11 is 0. The molecule has 2 N–H and O–H groups in total. The van der Waals surface area contributed by atoms with Gasteiger partial charge in [0.1, 0.15) is 5.70 Å². The normalized spacial score (nSPS) is 13.6. The van der Waals surface area contributed by atoms with E-state index in [0.717, 1.165) is 0 Å². The predicted molar refractivity (Wildman–Crippen MR) is 122 cm³/mol. The Balaban J connectivity index is 2.04. The molecule has 0 saturated heterocycles. The summed E-state index contributed by atoms with van der Waals surface area (Å²) in [6.45, 7) is 5.63. The highest BCUT2D eigenvalue weighted by atomic mass is 16.5. The van der Waals surface area contributed by atoms with E-state index in [0.29, 0.717) is 35.0 Å². The van der Waals surface area contributed by atoms with Crippen LogP contribution in [0.4, 0.5) is 11.4 Å². The first kappa shape index (κ1) is 22.9. The highest BCUT2D eigenvalue weighted by Crippen LogP contribution is 2.36. The number of carbonyl (C=O) groups excluding carboxylic acids is 3. The maximum Gasteiger partial charge on any atom is 0.278 e. The van der Waals surface area contributed by atoms with Gasteiger partial charge in [0.2, 0.25) is 5.91 Å². The summed E-state index contributed by atoms with van der Waals surface area (Å²) in [4.78, 5) is 39.0. The zero-order chi connectivity index (χ0) is 23.4. The third-order valence-corrected chi connectivity index (χ3v) is 4.86. The molecule has 0 fully saturated rings. The first-order valence-corrected chi connectivity index (χ1v) is 10.2. The molecule has 2 aromatic carbocycles. The van der Waals surface area contributed by atoms with Crippen LogP contribution in [0.1, 0.15) is 26.3 Å². The van der Waals surface area contributed by atoms with Crippen molar-refractivity contribution in [3.63, 3.8) is 0 Å². The zero-order valence-electron chi connectivity index (χ0n) is 18.8. The topological polar surface area (TPSA) is 97.0 Å². The molecule has 0 aliphatic carbocycles. The molecule has 8 heteroatoms. The summed E-state index contributed by atoms with van der Waals surface area (Å²) in [5.41, 5.74) is 2.24. The molecule has 168 valence electrons. The molecule has 8 nitrogen and oxygen atoms in total. The molecule has 0 radical (unpaired) electrons. The number of carbonyl (C=O) groups is 3. The first-order valence-electron chi connectivity index (χ1n) is 10.2. The van der Waals surface area contributed by atoms with Crippen LogP contribution < -0.4 is 20.1 Å². The molecule has 0 aromatic heterocycles. The van der Waals surface area contributed by atoms with Crippen molar-refractivity contribution in [1.82, 2.24) is 4.90 Å². The van der Waals surface area contributed by atoms with Gasteiger partial charge in [-0.1, -0.05) is 19.9 Å². The number of hydrogen-bond donors (Lipinski definition) is 2. The molecule has 1 aliphatic heterocycles. The van der Waals surface area contributed by atoms with Crippen molar-refractivity contribution in [2.45, 2.75) is 20.8 Å². The minimum absolute atomic E-state index is 0.117. The number of nitrogens with one attached hydrogen (secondary N) is 2. The molecule has 0 unspecified atom stereocenters. The van der Waals surface area contributed by atoms with Gasteiger partial charge in [0, 0.05) is 24.8 Å². The maximum absolute atomic E-state index is 13.3. The van der Waals surface area contributed by atoms with E-state index in [1.54, 1.807) is 42.5 Å². The summed E-state index contributed by atoms with van der Waals surface area (Å²) in [7, 11) is 3.04. The van der Waals surface area contributed by atoms with E-state index in [4.69, 9.17) is 9.47 Å². The Bertz CT molecular complexity index is 1070. The lowest BCUT2D eigenvalue weighted by molar-refractivity contribution is -0.137. The van der Waals surface area contributed by atoms with Gasteiger partial charge in [-0.2, -0.15) is 0 Å². The second-order valence-corrected chi connectivity index (χ2v) is 7.82. The minimum atomic E-state index is -0.389. The van der Waals surface area contributed by atoms with Crippen LogP contribution in [-0.4, -0.2) is 43.4 Å². The Morgan fingerprint density at radius 3 is 2.12 bits per heavy atom. The monoisotopic (exact) mass is 437 g/mol. The van der Waals surface area contributed by atoms with Crippen molar-refractivity contribution in [3.8, 4) is 11.5 Å². The Kier molecular flexibility index (Phi) is 6.82. The van der Waals surface area contributed by atoms with Crippen molar-refractivity contribution < 1.29 is 23.9 Å².